The highest BCUT2D eigenvalue weighted by atomic mass is 35.5. The molecular weight excluding hydrogens is 520 g/mol. The molecule has 10 heteroatoms. The lowest BCUT2D eigenvalue weighted by molar-refractivity contribution is -0.120. The fourth-order valence-electron chi connectivity index (χ4n) is 4.33. The number of rotatable bonds is 6. The van der Waals surface area contributed by atoms with Gasteiger partial charge in [-0.2, -0.15) is 0 Å². The van der Waals surface area contributed by atoms with Gasteiger partial charge in [0.05, 0.1) is 23.3 Å². The molecule has 0 atom stereocenters. The molecule has 0 saturated carbocycles. The lowest BCUT2D eigenvalue weighted by Gasteiger charge is -2.26. The molecule has 1 fully saturated rings. The molecule has 1 saturated heterocycles. The Morgan fingerprint density at radius 1 is 1.14 bits per heavy atom. The van der Waals surface area contributed by atoms with Crippen molar-refractivity contribution in [3.8, 4) is 16.9 Å². The number of ether oxygens (including phenoxy) is 1. The second-order valence-electron chi connectivity index (χ2n) is 8.69. The van der Waals surface area contributed by atoms with Gasteiger partial charge in [-0.1, -0.05) is 35.3 Å². The third-order valence-electron chi connectivity index (χ3n) is 6.39. The number of nitrogen functional groups attached to an aromatic ring is 1. The predicted molar refractivity (Wildman–Crippen MR) is 140 cm³/mol. The van der Waals surface area contributed by atoms with Gasteiger partial charge in [0.25, 0.3) is 5.91 Å². The van der Waals surface area contributed by atoms with E-state index in [-0.39, 0.29) is 41.3 Å². The molecule has 5 rings (SSSR count). The van der Waals surface area contributed by atoms with Gasteiger partial charge in [0, 0.05) is 54.7 Å². The number of nitrogens with zero attached hydrogens (tertiary/aromatic N) is 2. The van der Waals surface area contributed by atoms with Gasteiger partial charge in [-0.15, -0.1) is 0 Å². The standard InChI is InChI=1S/C27H22Cl2FN3O4/c28-21-5-6-22(30)23(29)18(21)9-12-36-25-24-19(13-32-26(25)31)20(14-37-24)15-1-3-16(4-2-15)27(35)33-10-7-17(34)8-11-33/h1-6,13-14H,7-12H2,(H2,31,32). The highest BCUT2D eigenvalue weighted by Crippen LogP contribution is 2.38. The largest absolute Gasteiger partial charge is 0.486 e. The van der Waals surface area contributed by atoms with Crippen LogP contribution in [-0.2, 0) is 11.2 Å². The number of hydrogen-bond donors (Lipinski definition) is 1. The number of halogens is 3. The molecule has 0 aliphatic carbocycles. The smallest absolute Gasteiger partial charge is 0.253 e. The minimum absolute atomic E-state index is 0.0450. The Balaban J connectivity index is 1.35. The summed E-state index contributed by atoms with van der Waals surface area (Å²) < 4.78 is 25.5. The number of nitrogens with two attached hydrogens (primary N) is 1. The number of amides is 1. The number of pyridine rings is 1. The molecule has 2 aromatic heterocycles. The number of fused-ring (bicyclic) bond motifs is 1. The van der Waals surface area contributed by atoms with Gasteiger partial charge < -0.3 is 19.8 Å². The summed E-state index contributed by atoms with van der Waals surface area (Å²) >= 11 is 12.2. The first-order valence-corrected chi connectivity index (χ1v) is 12.4. The Morgan fingerprint density at radius 3 is 2.59 bits per heavy atom. The number of furan rings is 1. The lowest BCUT2D eigenvalue weighted by atomic mass is 10.0. The highest BCUT2D eigenvalue weighted by molar-refractivity contribution is 6.36. The maximum atomic E-state index is 13.8. The van der Waals surface area contributed by atoms with Crippen LogP contribution in [0.3, 0.4) is 0 Å². The van der Waals surface area contributed by atoms with Crippen molar-refractivity contribution < 1.29 is 23.1 Å². The van der Waals surface area contributed by atoms with Crippen LogP contribution in [0.1, 0.15) is 28.8 Å². The number of anilines is 1. The molecule has 2 N–H and O–H groups in total. The van der Waals surface area contributed by atoms with E-state index in [0.29, 0.717) is 53.0 Å². The maximum absolute atomic E-state index is 13.8. The summed E-state index contributed by atoms with van der Waals surface area (Å²) in [5.74, 6) is -0.0615. The van der Waals surface area contributed by atoms with E-state index in [1.807, 2.05) is 12.1 Å². The topological polar surface area (TPSA) is 98.7 Å². The van der Waals surface area contributed by atoms with Crippen molar-refractivity contribution >= 4 is 51.7 Å². The maximum Gasteiger partial charge on any atom is 0.253 e. The molecule has 1 amide bonds. The van der Waals surface area contributed by atoms with E-state index < -0.39 is 5.82 Å². The number of likely N-dealkylation sites (tertiary alicyclic amines) is 1. The summed E-state index contributed by atoms with van der Waals surface area (Å²) in [7, 11) is 0. The second-order valence-corrected chi connectivity index (χ2v) is 9.48. The van der Waals surface area contributed by atoms with Gasteiger partial charge in [0.1, 0.15) is 11.6 Å². The van der Waals surface area contributed by atoms with E-state index in [0.717, 1.165) is 11.1 Å². The third-order valence-corrected chi connectivity index (χ3v) is 7.15. The number of hydrogen-bond acceptors (Lipinski definition) is 6. The molecule has 2 aromatic carbocycles. The zero-order valence-electron chi connectivity index (χ0n) is 19.6. The summed E-state index contributed by atoms with van der Waals surface area (Å²) in [4.78, 5) is 30.2. The van der Waals surface area contributed by atoms with Crippen LogP contribution in [0.15, 0.2) is 53.3 Å². The van der Waals surface area contributed by atoms with Crippen molar-refractivity contribution in [3.05, 3.63) is 75.8 Å². The van der Waals surface area contributed by atoms with Crippen LogP contribution in [0.2, 0.25) is 10.0 Å². The number of Topliss-reactive ketones (excluding diaryl/α,β-unsaturated/α-hetero) is 1. The van der Waals surface area contributed by atoms with Crippen molar-refractivity contribution in [1.29, 1.82) is 0 Å². The van der Waals surface area contributed by atoms with Gasteiger partial charge in [-0.25, -0.2) is 9.37 Å². The van der Waals surface area contributed by atoms with Gasteiger partial charge >= 0.3 is 0 Å². The monoisotopic (exact) mass is 541 g/mol. The van der Waals surface area contributed by atoms with Crippen LogP contribution in [0, 0.1) is 5.82 Å². The van der Waals surface area contributed by atoms with E-state index in [9.17, 15) is 14.0 Å². The molecule has 0 unspecified atom stereocenters. The van der Waals surface area contributed by atoms with Crippen LogP contribution in [0.25, 0.3) is 22.1 Å². The Hall–Kier alpha value is -3.62. The fourth-order valence-corrected chi connectivity index (χ4v) is 4.89. The second kappa shape index (κ2) is 10.4. The summed E-state index contributed by atoms with van der Waals surface area (Å²) in [6.07, 6.45) is 4.22. The Morgan fingerprint density at radius 2 is 1.86 bits per heavy atom. The molecule has 3 heterocycles. The molecule has 190 valence electrons. The average molecular weight is 542 g/mol. The SMILES string of the molecule is Nc1ncc2c(-c3ccc(C(=O)N4CCC(=O)CC4)cc3)coc2c1OCCc1c(Cl)ccc(F)c1Cl. The van der Waals surface area contributed by atoms with Crippen molar-refractivity contribution in [2.45, 2.75) is 19.3 Å². The minimum Gasteiger partial charge on any atom is -0.486 e. The van der Waals surface area contributed by atoms with Gasteiger partial charge in [0.15, 0.2) is 11.4 Å². The molecular formula is C27H22Cl2FN3O4. The van der Waals surface area contributed by atoms with Gasteiger partial charge in [-0.3, -0.25) is 9.59 Å². The first-order chi connectivity index (χ1) is 17.8. The molecule has 7 nitrogen and oxygen atoms in total. The van der Waals surface area contributed by atoms with Gasteiger partial charge in [0.2, 0.25) is 5.75 Å². The molecule has 1 aliphatic rings. The van der Waals surface area contributed by atoms with Gasteiger partial charge in [-0.05, 0) is 35.4 Å². The first-order valence-electron chi connectivity index (χ1n) is 11.7. The number of piperidine rings is 1. The number of carbonyl (C=O) groups is 2. The average Bonchev–Trinajstić information content (AvgIpc) is 3.34. The summed E-state index contributed by atoms with van der Waals surface area (Å²) in [5, 5.41) is 0.978. The van der Waals surface area contributed by atoms with Crippen molar-refractivity contribution in [3.63, 3.8) is 0 Å². The Labute approximate surface area is 221 Å². The number of carbonyl (C=O) groups excluding carboxylic acids is 2. The van der Waals surface area contributed by atoms with E-state index >= 15 is 0 Å². The quantitative estimate of drug-likeness (QED) is 0.303. The van der Waals surface area contributed by atoms with Crippen LogP contribution in [-0.4, -0.2) is 41.3 Å². The Bertz CT molecular complexity index is 1490. The van der Waals surface area contributed by atoms with Crippen LogP contribution < -0.4 is 10.5 Å². The van der Waals surface area contributed by atoms with Crippen molar-refractivity contribution in [2.75, 3.05) is 25.4 Å². The Kier molecular flexibility index (Phi) is 7.04. The normalized spacial score (nSPS) is 13.8. The first kappa shape index (κ1) is 25.0. The highest BCUT2D eigenvalue weighted by Gasteiger charge is 2.22. The minimum atomic E-state index is -0.557. The van der Waals surface area contributed by atoms with Crippen molar-refractivity contribution in [2.24, 2.45) is 0 Å². The van der Waals surface area contributed by atoms with Crippen LogP contribution in [0.4, 0.5) is 10.2 Å². The number of aromatic nitrogens is 1. The summed E-state index contributed by atoms with van der Waals surface area (Å²) in [6, 6.07) is 9.82. The van der Waals surface area contributed by atoms with E-state index in [2.05, 4.69) is 4.98 Å². The molecule has 1 aliphatic heterocycles. The molecule has 37 heavy (non-hydrogen) atoms. The van der Waals surface area contributed by atoms with Crippen LogP contribution >= 0.6 is 23.2 Å². The zero-order valence-corrected chi connectivity index (χ0v) is 21.1. The molecule has 4 aromatic rings. The van der Waals surface area contributed by atoms with E-state index in [1.165, 1.54) is 12.1 Å². The molecule has 0 spiro atoms. The fraction of sp³-hybridized carbons (Fsp3) is 0.222. The van der Waals surface area contributed by atoms with Crippen LogP contribution in [0.5, 0.6) is 5.75 Å². The number of benzene rings is 2. The van der Waals surface area contributed by atoms with E-state index in [4.69, 9.17) is 38.1 Å². The number of ketones is 1. The van der Waals surface area contributed by atoms with Crippen molar-refractivity contribution in [1.82, 2.24) is 9.88 Å². The van der Waals surface area contributed by atoms with E-state index in [1.54, 1.807) is 29.5 Å². The zero-order chi connectivity index (χ0) is 26.1. The third kappa shape index (κ3) is 4.99. The lowest BCUT2D eigenvalue weighted by Crippen LogP contribution is -2.38. The summed E-state index contributed by atoms with van der Waals surface area (Å²) in [6.45, 7) is 1.00. The predicted octanol–water partition coefficient (Wildman–Crippen LogP) is 5.95. The molecule has 0 bridgehead atoms. The summed E-state index contributed by atoms with van der Waals surface area (Å²) in [5.41, 5.74) is 9.03. The molecule has 0 radical (unpaired) electrons.